The van der Waals surface area contributed by atoms with Crippen molar-refractivity contribution in [3.8, 4) is 0 Å². The van der Waals surface area contributed by atoms with Crippen LogP contribution in [0.4, 0.5) is 4.39 Å². The molecule has 1 aliphatic heterocycles. The zero-order chi connectivity index (χ0) is 12.8. The molecule has 18 heavy (non-hydrogen) atoms. The van der Waals surface area contributed by atoms with Crippen LogP contribution in [0.15, 0.2) is 4.52 Å². The second kappa shape index (κ2) is 4.03. The number of aromatic nitrogens is 2. The van der Waals surface area contributed by atoms with E-state index >= 15 is 0 Å². The van der Waals surface area contributed by atoms with E-state index < -0.39 is 5.67 Å². The van der Waals surface area contributed by atoms with Gasteiger partial charge in [0.25, 0.3) is 5.89 Å². The fraction of sp³-hybridized carbons (Fsp3) is 0.750. The lowest BCUT2D eigenvalue weighted by molar-refractivity contribution is -0.137. The number of amides is 1. The summed E-state index contributed by atoms with van der Waals surface area (Å²) < 4.78 is 19.8. The van der Waals surface area contributed by atoms with Crippen LogP contribution >= 0.6 is 0 Å². The lowest BCUT2D eigenvalue weighted by atomic mass is 9.94. The lowest BCUT2D eigenvalue weighted by Gasteiger charge is -2.35. The van der Waals surface area contributed by atoms with Crippen LogP contribution in [-0.2, 0) is 10.5 Å². The van der Waals surface area contributed by atoms with Gasteiger partial charge in [-0.05, 0) is 32.6 Å². The number of alkyl halides is 1. The number of nitrogens with zero attached hydrogens (tertiary/aromatic N) is 3. The second-order valence-electron chi connectivity index (χ2n) is 5.25. The fourth-order valence-corrected chi connectivity index (χ4v) is 2.44. The van der Waals surface area contributed by atoms with Crippen molar-refractivity contribution in [1.29, 1.82) is 0 Å². The molecule has 0 spiro atoms. The Morgan fingerprint density at radius 2 is 2.33 bits per heavy atom. The van der Waals surface area contributed by atoms with Crippen molar-refractivity contribution >= 4 is 5.91 Å². The molecule has 0 N–H and O–H groups in total. The highest BCUT2D eigenvalue weighted by Crippen LogP contribution is 2.38. The van der Waals surface area contributed by atoms with E-state index in [0.29, 0.717) is 25.2 Å². The van der Waals surface area contributed by atoms with E-state index in [1.54, 1.807) is 11.8 Å². The van der Waals surface area contributed by atoms with Crippen LogP contribution in [0.25, 0.3) is 0 Å². The Morgan fingerprint density at radius 1 is 1.56 bits per heavy atom. The van der Waals surface area contributed by atoms with Crippen LogP contribution in [-0.4, -0.2) is 34.0 Å². The number of hydrogen-bond donors (Lipinski definition) is 0. The number of hydrogen-bond acceptors (Lipinski definition) is 4. The monoisotopic (exact) mass is 253 g/mol. The predicted molar refractivity (Wildman–Crippen MR) is 60.4 cm³/mol. The summed E-state index contributed by atoms with van der Waals surface area (Å²) in [7, 11) is 0. The zero-order valence-corrected chi connectivity index (χ0v) is 10.4. The van der Waals surface area contributed by atoms with E-state index in [0.717, 1.165) is 12.8 Å². The van der Waals surface area contributed by atoms with E-state index in [4.69, 9.17) is 4.52 Å². The SMILES string of the molecule is Cc1noc(C2(F)CCCN(C(=O)C3CC3)C2)n1. The normalized spacial score (nSPS) is 28.4. The molecule has 1 unspecified atom stereocenters. The van der Waals surface area contributed by atoms with E-state index in [9.17, 15) is 9.18 Å². The minimum Gasteiger partial charge on any atom is -0.339 e. The predicted octanol–water partition coefficient (Wildman–Crippen LogP) is 1.58. The van der Waals surface area contributed by atoms with E-state index in [1.807, 2.05) is 0 Å². The summed E-state index contributed by atoms with van der Waals surface area (Å²) in [5.41, 5.74) is -1.68. The number of carbonyl (C=O) groups is 1. The summed E-state index contributed by atoms with van der Waals surface area (Å²) in [5, 5.41) is 3.62. The highest BCUT2D eigenvalue weighted by molar-refractivity contribution is 5.81. The number of halogens is 1. The molecule has 2 aliphatic rings. The second-order valence-corrected chi connectivity index (χ2v) is 5.25. The maximum Gasteiger partial charge on any atom is 0.266 e. The molecule has 1 atom stereocenters. The van der Waals surface area contributed by atoms with Gasteiger partial charge in [0.15, 0.2) is 5.82 Å². The molecular formula is C12H16FN3O2. The maximum atomic E-state index is 14.8. The first-order valence-corrected chi connectivity index (χ1v) is 6.37. The van der Waals surface area contributed by atoms with Crippen LogP contribution < -0.4 is 0 Å². The number of likely N-dealkylation sites (tertiary alicyclic amines) is 1. The molecule has 1 aliphatic carbocycles. The van der Waals surface area contributed by atoms with Crippen molar-refractivity contribution in [2.24, 2.45) is 5.92 Å². The van der Waals surface area contributed by atoms with Gasteiger partial charge in [-0.1, -0.05) is 5.16 Å². The Kier molecular flexibility index (Phi) is 2.60. The van der Waals surface area contributed by atoms with Gasteiger partial charge in [-0.2, -0.15) is 4.98 Å². The molecule has 1 amide bonds. The van der Waals surface area contributed by atoms with Gasteiger partial charge >= 0.3 is 0 Å². The minimum atomic E-state index is -1.68. The third-order valence-corrected chi connectivity index (χ3v) is 3.59. The third kappa shape index (κ3) is 2.00. The molecule has 1 aromatic rings. The smallest absolute Gasteiger partial charge is 0.266 e. The standard InChI is InChI=1S/C12H16FN3O2/c1-8-14-11(18-15-8)12(13)5-2-6-16(7-12)10(17)9-3-4-9/h9H,2-7H2,1H3. The van der Waals surface area contributed by atoms with E-state index in [-0.39, 0.29) is 24.3 Å². The summed E-state index contributed by atoms with van der Waals surface area (Å²) in [6, 6.07) is 0. The largest absolute Gasteiger partial charge is 0.339 e. The third-order valence-electron chi connectivity index (χ3n) is 3.59. The Balaban J connectivity index is 1.77. The molecule has 2 heterocycles. The molecule has 1 saturated heterocycles. The Labute approximate surface area is 104 Å². The first-order valence-electron chi connectivity index (χ1n) is 6.37. The van der Waals surface area contributed by atoms with Gasteiger partial charge in [0.05, 0.1) is 6.54 Å². The van der Waals surface area contributed by atoms with Gasteiger partial charge in [0, 0.05) is 12.5 Å². The van der Waals surface area contributed by atoms with Crippen LogP contribution in [0, 0.1) is 12.8 Å². The Morgan fingerprint density at radius 3 is 2.94 bits per heavy atom. The summed E-state index contributed by atoms with van der Waals surface area (Å²) in [6.45, 7) is 2.34. The number of piperidine rings is 1. The van der Waals surface area contributed by atoms with Crippen LogP contribution in [0.1, 0.15) is 37.4 Å². The van der Waals surface area contributed by atoms with Crippen LogP contribution in [0.2, 0.25) is 0 Å². The highest BCUT2D eigenvalue weighted by Gasteiger charge is 2.45. The van der Waals surface area contributed by atoms with Crippen molar-refractivity contribution in [1.82, 2.24) is 15.0 Å². The molecule has 1 aromatic heterocycles. The topological polar surface area (TPSA) is 59.2 Å². The molecule has 1 saturated carbocycles. The Bertz CT molecular complexity index is 472. The molecule has 5 nitrogen and oxygen atoms in total. The number of carbonyl (C=O) groups excluding carboxylic acids is 1. The first kappa shape index (κ1) is 11.6. The average molecular weight is 253 g/mol. The van der Waals surface area contributed by atoms with Crippen LogP contribution in [0.5, 0.6) is 0 Å². The van der Waals surface area contributed by atoms with Gasteiger partial charge < -0.3 is 9.42 Å². The average Bonchev–Trinajstić information content (AvgIpc) is 3.10. The summed E-state index contributed by atoms with van der Waals surface area (Å²) in [4.78, 5) is 17.6. The lowest BCUT2D eigenvalue weighted by Crippen LogP contribution is -2.47. The fourth-order valence-electron chi connectivity index (χ4n) is 2.44. The van der Waals surface area contributed by atoms with Crippen LogP contribution in [0.3, 0.4) is 0 Å². The summed E-state index contributed by atoms with van der Waals surface area (Å²) in [6.07, 6.45) is 2.85. The van der Waals surface area contributed by atoms with E-state index in [2.05, 4.69) is 10.1 Å². The van der Waals surface area contributed by atoms with Gasteiger partial charge in [-0.25, -0.2) is 4.39 Å². The number of aryl methyl sites for hydroxylation is 1. The van der Waals surface area contributed by atoms with Gasteiger partial charge in [-0.15, -0.1) is 0 Å². The van der Waals surface area contributed by atoms with Crippen molar-refractivity contribution in [3.05, 3.63) is 11.7 Å². The van der Waals surface area contributed by atoms with Crippen molar-refractivity contribution < 1.29 is 13.7 Å². The molecule has 3 rings (SSSR count). The van der Waals surface area contributed by atoms with Gasteiger partial charge in [0.2, 0.25) is 11.6 Å². The Hall–Kier alpha value is -1.46. The van der Waals surface area contributed by atoms with Crippen molar-refractivity contribution in [2.45, 2.75) is 38.3 Å². The molecule has 0 aromatic carbocycles. The highest BCUT2D eigenvalue weighted by atomic mass is 19.1. The molecule has 0 bridgehead atoms. The molecule has 6 heteroatoms. The minimum absolute atomic E-state index is 0.00768. The van der Waals surface area contributed by atoms with Crippen molar-refractivity contribution in [2.75, 3.05) is 13.1 Å². The quantitative estimate of drug-likeness (QED) is 0.802. The molecule has 2 fully saturated rings. The molecular weight excluding hydrogens is 237 g/mol. The summed E-state index contributed by atoms with van der Waals surface area (Å²) in [5.74, 6) is 0.630. The molecule has 0 radical (unpaired) electrons. The zero-order valence-electron chi connectivity index (χ0n) is 10.4. The first-order chi connectivity index (χ1) is 8.58. The van der Waals surface area contributed by atoms with E-state index in [1.165, 1.54) is 0 Å². The van der Waals surface area contributed by atoms with Gasteiger partial charge in [-0.3, -0.25) is 4.79 Å². The maximum absolute atomic E-state index is 14.8. The molecule has 98 valence electrons. The summed E-state index contributed by atoms with van der Waals surface area (Å²) >= 11 is 0. The van der Waals surface area contributed by atoms with Crippen molar-refractivity contribution in [3.63, 3.8) is 0 Å². The number of rotatable bonds is 2. The van der Waals surface area contributed by atoms with Gasteiger partial charge in [0.1, 0.15) is 0 Å².